The third kappa shape index (κ3) is 3.52. The predicted molar refractivity (Wildman–Crippen MR) is 66.8 cm³/mol. The van der Waals surface area contributed by atoms with Crippen molar-refractivity contribution in [3.05, 3.63) is 47.5 Å². The van der Waals surface area contributed by atoms with E-state index in [4.69, 9.17) is 5.73 Å². The lowest BCUT2D eigenvalue weighted by Crippen LogP contribution is -2.27. The fourth-order valence-corrected chi connectivity index (χ4v) is 1.54. The van der Waals surface area contributed by atoms with Gasteiger partial charge in [0.1, 0.15) is 0 Å². The molecule has 2 N–H and O–H groups in total. The average molecular weight is 203 g/mol. The molecule has 82 valence electrons. The first-order valence-corrected chi connectivity index (χ1v) is 5.50. The maximum atomic E-state index is 6.09. The van der Waals surface area contributed by atoms with Crippen molar-refractivity contribution in [2.45, 2.75) is 33.2 Å². The molecule has 0 aromatic heterocycles. The largest absolute Gasteiger partial charge is 0.324 e. The highest BCUT2D eigenvalue weighted by molar-refractivity contribution is 5.24. The molecule has 0 amide bonds. The summed E-state index contributed by atoms with van der Waals surface area (Å²) in [5, 5.41) is 0. The number of rotatable bonds is 4. The Balaban J connectivity index is 2.62. The summed E-state index contributed by atoms with van der Waals surface area (Å²) in [5.41, 5.74) is 9.80. The van der Waals surface area contributed by atoms with E-state index < -0.39 is 0 Å². The van der Waals surface area contributed by atoms with Gasteiger partial charge in [-0.3, -0.25) is 0 Å². The van der Waals surface area contributed by atoms with E-state index in [0.29, 0.717) is 5.92 Å². The van der Waals surface area contributed by atoms with Gasteiger partial charge in [-0.2, -0.15) is 0 Å². The molecule has 0 heterocycles. The number of nitrogens with two attached hydrogens (primary N) is 1. The fraction of sp³-hybridized carbons (Fsp3) is 0.429. The van der Waals surface area contributed by atoms with Crippen molar-refractivity contribution >= 4 is 0 Å². The first-order valence-electron chi connectivity index (χ1n) is 5.50. The number of hydrogen-bond acceptors (Lipinski definition) is 1. The molecule has 1 rings (SSSR count). The van der Waals surface area contributed by atoms with Gasteiger partial charge in [0.2, 0.25) is 0 Å². The monoisotopic (exact) mass is 203 g/mol. The van der Waals surface area contributed by atoms with Gasteiger partial charge in [0.25, 0.3) is 0 Å². The van der Waals surface area contributed by atoms with Gasteiger partial charge < -0.3 is 5.73 Å². The second-order valence-corrected chi connectivity index (χ2v) is 4.53. The highest BCUT2D eigenvalue weighted by Gasteiger charge is 2.10. The number of aryl methyl sites for hydroxylation is 1. The van der Waals surface area contributed by atoms with Crippen molar-refractivity contribution < 1.29 is 0 Å². The molecule has 0 saturated carbocycles. The normalized spacial score (nSPS) is 12.9. The summed E-state index contributed by atoms with van der Waals surface area (Å²) in [7, 11) is 0. The smallest absolute Gasteiger partial charge is 0.0294 e. The molecule has 1 atom stereocenters. The lowest BCUT2D eigenvalue weighted by atomic mass is 9.93. The van der Waals surface area contributed by atoms with Crippen molar-refractivity contribution in [3.8, 4) is 0 Å². The van der Waals surface area contributed by atoms with E-state index >= 15 is 0 Å². The first-order chi connectivity index (χ1) is 7.00. The van der Waals surface area contributed by atoms with E-state index in [1.54, 1.807) is 0 Å². The standard InChI is InChI=1S/C14H21N/c1-10(2)12(4)14(15)9-13-7-5-11(3)6-8-13/h5-8,10,14H,4,9,15H2,1-3H3. The summed E-state index contributed by atoms with van der Waals surface area (Å²) in [4.78, 5) is 0. The molecule has 1 nitrogen and oxygen atoms in total. The van der Waals surface area contributed by atoms with Gasteiger partial charge in [0.05, 0.1) is 0 Å². The lowest BCUT2D eigenvalue weighted by molar-refractivity contribution is 0.642. The Bertz CT molecular complexity index is 322. The van der Waals surface area contributed by atoms with Gasteiger partial charge in [-0.05, 0) is 24.8 Å². The molecule has 0 bridgehead atoms. The Morgan fingerprint density at radius 3 is 2.27 bits per heavy atom. The van der Waals surface area contributed by atoms with Crippen LogP contribution < -0.4 is 5.73 Å². The predicted octanol–water partition coefficient (Wildman–Crippen LogP) is 3.08. The van der Waals surface area contributed by atoms with E-state index in [0.717, 1.165) is 12.0 Å². The summed E-state index contributed by atoms with van der Waals surface area (Å²) in [6, 6.07) is 8.61. The van der Waals surface area contributed by atoms with Gasteiger partial charge in [0, 0.05) is 6.04 Å². The van der Waals surface area contributed by atoms with Crippen LogP contribution in [0.2, 0.25) is 0 Å². The molecule has 0 saturated heterocycles. The van der Waals surface area contributed by atoms with Gasteiger partial charge in [-0.15, -0.1) is 0 Å². The topological polar surface area (TPSA) is 26.0 Å². The molecule has 0 radical (unpaired) electrons. The van der Waals surface area contributed by atoms with Crippen molar-refractivity contribution in [1.82, 2.24) is 0 Å². The second kappa shape index (κ2) is 5.13. The molecule has 0 fully saturated rings. The van der Waals surface area contributed by atoms with Crippen LogP contribution in [0.5, 0.6) is 0 Å². The quantitative estimate of drug-likeness (QED) is 0.748. The molecule has 0 aliphatic carbocycles. The summed E-state index contributed by atoms with van der Waals surface area (Å²) >= 11 is 0. The SMILES string of the molecule is C=C(C(C)C)C(N)Cc1ccc(C)cc1. The zero-order chi connectivity index (χ0) is 11.4. The van der Waals surface area contributed by atoms with Crippen molar-refractivity contribution in [3.63, 3.8) is 0 Å². The molecule has 1 aromatic carbocycles. The summed E-state index contributed by atoms with van der Waals surface area (Å²) in [6.45, 7) is 10.4. The summed E-state index contributed by atoms with van der Waals surface area (Å²) in [5.74, 6) is 0.463. The maximum Gasteiger partial charge on any atom is 0.0294 e. The van der Waals surface area contributed by atoms with Crippen LogP contribution in [0.1, 0.15) is 25.0 Å². The second-order valence-electron chi connectivity index (χ2n) is 4.53. The van der Waals surface area contributed by atoms with E-state index in [1.165, 1.54) is 11.1 Å². The Hall–Kier alpha value is -1.08. The average Bonchev–Trinajstić information content (AvgIpc) is 2.20. The van der Waals surface area contributed by atoms with Crippen LogP contribution >= 0.6 is 0 Å². The Morgan fingerprint density at radius 2 is 1.80 bits per heavy atom. The van der Waals surface area contributed by atoms with Crippen molar-refractivity contribution in [2.75, 3.05) is 0 Å². The minimum absolute atomic E-state index is 0.0766. The van der Waals surface area contributed by atoms with Crippen LogP contribution in [0.25, 0.3) is 0 Å². The van der Waals surface area contributed by atoms with Gasteiger partial charge in [0.15, 0.2) is 0 Å². The van der Waals surface area contributed by atoms with Gasteiger partial charge >= 0.3 is 0 Å². The summed E-state index contributed by atoms with van der Waals surface area (Å²) < 4.78 is 0. The fourth-order valence-electron chi connectivity index (χ4n) is 1.54. The molecule has 0 aliphatic heterocycles. The highest BCUT2D eigenvalue weighted by atomic mass is 14.6. The van der Waals surface area contributed by atoms with Crippen LogP contribution in [0.15, 0.2) is 36.4 Å². The third-order valence-electron chi connectivity index (χ3n) is 2.79. The van der Waals surface area contributed by atoms with E-state index in [9.17, 15) is 0 Å². The Kier molecular flexibility index (Phi) is 4.10. The molecule has 0 spiro atoms. The molecule has 0 aliphatic rings. The van der Waals surface area contributed by atoms with Crippen molar-refractivity contribution in [1.29, 1.82) is 0 Å². The minimum atomic E-state index is 0.0766. The number of hydrogen-bond donors (Lipinski definition) is 1. The van der Waals surface area contributed by atoms with E-state index in [1.807, 2.05) is 0 Å². The maximum absolute atomic E-state index is 6.09. The molecule has 1 unspecified atom stereocenters. The van der Waals surface area contributed by atoms with Gasteiger partial charge in [-0.25, -0.2) is 0 Å². The van der Waals surface area contributed by atoms with E-state index in [-0.39, 0.29) is 6.04 Å². The molecule has 1 heteroatoms. The van der Waals surface area contributed by atoms with Crippen LogP contribution in [0, 0.1) is 12.8 Å². The molecular formula is C14H21N. The Morgan fingerprint density at radius 1 is 1.27 bits per heavy atom. The van der Waals surface area contributed by atoms with Crippen LogP contribution in [0.3, 0.4) is 0 Å². The molecule has 1 aromatic rings. The zero-order valence-electron chi connectivity index (χ0n) is 9.96. The molecule has 15 heavy (non-hydrogen) atoms. The van der Waals surface area contributed by atoms with Crippen LogP contribution in [-0.4, -0.2) is 6.04 Å². The van der Waals surface area contributed by atoms with Crippen molar-refractivity contribution in [2.24, 2.45) is 11.7 Å². The summed E-state index contributed by atoms with van der Waals surface area (Å²) in [6.07, 6.45) is 0.886. The zero-order valence-corrected chi connectivity index (χ0v) is 9.96. The van der Waals surface area contributed by atoms with Gasteiger partial charge in [-0.1, -0.05) is 55.8 Å². The Labute approximate surface area is 93.0 Å². The van der Waals surface area contributed by atoms with E-state index in [2.05, 4.69) is 51.6 Å². The van der Waals surface area contributed by atoms with Crippen LogP contribution in [0.4, 0.5) is 0 Å². The molecular weight excluding hydrogens is 182 g/mol. The highest BCUT2D eigenvalue weighted by Crippen LogP contribution is 2.14. The number of benzene rings is 1. The third-order valence-corrected chi connectivity index (χ3v) is 2.79. The lowest BCUT2D eigenvalue weighted by Gasteiger charge is -2.18. The minimum Gasteiger partial charge on any atom is -0.324 e. The first kappa shape index (κ1) is 12.0. The van der Waals surface area contributed by atoms with Crippen LogP contribution in [-0.2, 0) is 6.42 Å².